The van der Waals surface area contributed by atoms with Crippen molar-refractivity contribution in [1.29, 1.82) is 0 Å². The molecule has 1 heterocycles. The Morgan fingerprint density at radius 3 is 2.57 bits per heavy atom. The van der Waals surface area contributed by atoms with E-state index in [1.54, 1.807) is 18.4 Å². The van der Waals surface area contributed by atoms with Crippen LogP contribution < -0.4 is 11.1 Å². The number of rotatable bonds is 6. The van der Waals surface area contributed by atoms with Crippen LogP contribution in [-0.4, -0.2) is 52.6 Å². The quantitative estimate of drug-likeness (QED) is 0.155. The normalized spacial score (nSPS) is 24.3. The number of hydrogen-bond donors (Lipinski definition) is 4. The number of hydrogen-bond acceptors (Lipinski definition) is 7. The third-order valence-corrected chi connectivity index (χ3v) is 6.35. The first kappa shape index (κ1) is 36.5. The van der Waals surface area contributed by atoms with E-state index in [0.29, 0.717) is 38.5 Å². The molecular weight excluding hydrogens is 536 g/mol. The summed E-state index contributed by atoms with van der Waals surface area (Å²) in [4.78, 5) is 35.9. The van der Waals surface area contributed by atoms with Gasteiger partial charge in [0.25, 0.3) is 0 Å². The maximum atomic E-state index is 12.7. The number of cyclic esters (lactones) is 1. The minimum absolute atomic E-state index is 0.118. The summed E-state index contributed by atoms with van der Waals surface area (Å²) < 4.78 is 11.0. The van der Waals surface area contributed by atoms with Gasteiger partial charge in [-0.25, -0.2) is 4.79 Å². The lowest BCUT2D eigenvalue weighted by Crippen LogP contribution is -2.59. The number of ether oxygens (including phenoxy) is 2. The van der Waals surface area contributed by atoms with Crippen molar-refractivity contribution in [2.24, 2.45) is 5.92 Å². The van der Waals surface area contributed by atoms with Gasteiger partial charge in [0.1, 0.15) is 18.3 Å². The lowest BCUT2D eigenvalue weighted by Gasteiger charge is -2.22. The van der Waals surface area contributed by atoms with Crippen molar-refractivity contribution in [2.75, 3.05) is 0 Å². The fourth-order valence-corrected chi connectivity index (χ4v) is 4.19. The standard InChI is InChI=1S/C33H48N2O7/c1-23(2)20-31(38)35-19-18-25(4)21-26(5)30-22-24(3)12-8-6-10-14-29(42-33(34)40)28(37)17-16-27(36)13-9-7-11-15-32(39)41-30/h6,8,11-12,15-21,26-30,36-37H,7,9-10,13-14,22H2,1-5H3,(H2,34,40)(H,35,38)/p+1. The molecule has 0 radical (unpaired) electrons. The Hall–Kier alpha value is -3.53. The van der Waals surface area contributed by atoms with Crippen molar-refractivity contribution in [2.45, 2.75) is 97.6 Å². The van der Waals surface area contributed by atoms with Gasteiger partial charge >= 0.3 is 12.1 Å². The van der Waals surface area contributed by atoms with Crippen molar-refractivity contribution in [3.05, 3.63) is 83.7 Å². The van der Waals surface area contributed by atoms with Gasteiger partial charge in [-0.05, 0) is 65.9 Å². The Bertz CT molecular complexity index is 1090. The Morgan fingerprint density at radius 2 is 1.88 bits per heavy atom. The number of nitrogens with one attached hydrogen (secondary N) is 1. The molecule has 5 unspecified atom stereocenters. The van der Waals surface area contributed by atoms with Gasteiger partial charge in [-0.3, -0.25) is 10.5 Å². The predicted molar refractivity (Wildman–Crippen MR) is 164 cm³/mol. The van der Waals surface area contributed by atoms with Crippen LogP contribution in [0.3, 0.4) is 0 Å². The highest BCUT2D eigenvalue weighted by Crippen LogP contribution is 2.21. The van der Waals surface area contributed by atoms with Crippen LogP contribution in [0.2, 0.25) is 0 Å². The number of aliphatic hydroxyl groups is 2. The molecule has 0 aromatic rings. The summed E-state index contributed by atoms with van der Waals surface area (Å²) >= 11 is 0. The molecule has 6 N–H and O–H groups in total. The van der Waals surface area contributed by atoms with Crippen molar-refractivity contribution >= 4 is 18.0 Å². The molecule has 0 aromatic heterocycles. The summed E-state index contributed by atoms with van der Waals surface area (Å²) in [6, 6.07) is 0. The fourth-order valence-electron chi connectivity index (χ4n) is 4.19. The zero-order chi connectivity index (χ0) is 31.5. The zero-order valence-corrected chi connectivity index (χ0v) is 25.6. The average molecular weight is 586 g/mol. The summed E-state index contributed by atoms with van der Waals surface area (Å²) in [6.07, 6.45) is 17.9. The second kappa shape index (κ2) is 20.4. The summed E-state index contributed by atoms with van der Waals surface area (Å²) in [5.41, 5.74) is 6.06. The Kier molecular flexibility index (Phi) is 17.7. The first-order valence-electron chi connectivity index (χ1n) is 14.4. The van der Waals surface area contributed by atoms with Crippen LogP contribution in [0.15, 0.2) is 83.7 Å². The Labute approximate surface area is 250 Å². The molecule has 5 atom stereocenters. The molecular formula is C33H49N2O7+. The minimum atomic E-state index is -1.07. The molecule has 1 rings (SSSR count). The van der Waals surface area contributed by atoms with E-state index in [2.05, 4.69) is 11.1 Å². The van der Waals surface area contributed by atoms with Crippen LogP contribution in [0.25, 0.3) is 0 Å². The number of aliphatic hydroxyl groups excluding tert-OH is 2. The van der Waals surface area contributed by atoms with E-state index < -0.39 is 36.5 Å². The van der Waals surface area contributed by atoms with Gasteiger partial charge in [0.2, 0.25) is 5.91 Å². The van der Waals surface area contributed by atoms with E-state index in [-0.39, 0.29) is 11.8 Å². The first-order valence-corrected chi connectivity index (χ1v) is 14.4. The van der Waals surface area contributed by atoms with Gasteiger partial charge in [-0.15, -0.1) is 0 Å². The highest BCUT2D eigenvalue weighted by atomic mass is 16.6. The smallest absolute Gasteiger partial charge is 0.458 e. The number of allylic oxidation sites excluding steroid dienone is 7. The minimum Gasteiger partial charge on any atom is -0.458 e. The van der Waals surface area contributed by atoms with Crippen molar-refractivity contribution in [3.8, 4) is 0 Å². The van der Waals surface area contributed by atoms with Crippen LogP contribution in [0.4, 0.5) is 4.79 Å². The molecule has 0 fully saturated rings. The van der Waals surface area contributed by atoms with Crippen LogP contribution in [-0.2, 0) is 19.1 Å². The molecule has 1 aliphatic rings. The van der Waals surface area contributed by atoms with Crippen LogP contribution in [0.5, 0.6) is 0 Å². The fraction of sp³-hybridized carbons (Fsp3) is 0.485. The maximum Gasteiger partial charge on any atom is 0.511 e. The van der Waals surface area contributed by atoms with Crippen LogP contribution in [0.1, 0.15) is 73.1 Å². The second-order valence-corrected chi connectivity index (χ2v) is 10.8. The largest absolute Gasteiger partial charge is 0.511 e. The average Bonchev–Trinajstić information content (AvgIpc) is 2.89. The molecule has 2 amide bonds. The van der Waals surface area contributed by atoms with E-state index in [9.17, 15) is 24.6 Å². The van der Waals surface area contributed by atoms with Crippen molar-refractivity contribution in [3.63, 3.8) is 0 Å². The first-order chi connectivity index (χ1) is 19.9. The molecule has 0 spiro atoms. The van der Waals surface area contributed by atoms with Crippen LogP contribution in [0, 0.1) is 5.92 Å². The zero-order valence-electron chi connectivity index (χ0n) is 25.6. The molecule has 9 nitrogen and oxygen atoms in total. The topological polar surface area (TPSA) is 150 Å². The van der Waals surface area contributed by atoms with E-state index >= 15 is 0 Å². The number of carbonyl (C=O) groups is 3. The molecule has 9 heteroatoms. The van der Waals surface area contributed by atoms with Crippen LogP contribution >= 0.6 is 0 Å². The molecule has 42 heavy (non-hydrogen) atoms. The number of esters is 1. The van der Waals surface area contributed by atoms with Crippen molar-refractivity contribution < 1.29 is 39.8 Å². The van der Waals surface area contributed by atoms with Gasteiger partial charge in [0, 0.05) is 30.7 Å². The monoisotopic (exact) mass is 585 g/mol. The molecule has 232 valence electrons. The van der Waals surface area contributed by atoms with Gasteiger partial charge in [0.05, 0.1) is 6.10 Å². The molecule has 0 aliphatic carbocycles. The summed E-state index contributed by atoms with van der Waals surface area (Å²) in [7, 11) is 0. The Balaban J connectivity index is 3.09. The van der Waals surface area contributed by atoms with Gasteiger partial charge in [-0.2, -0.15) is 4.79 Å². The summed E-state index contributed by atoms with van der Waals surface area (Å²) in [6.45, 7) is 9.56. The highest BCUT2D eigenvalue weighted by Gasteiger charge is 2.22. The van der Waals surface area contributed by atoms with Gasteiger partial charge in [-0.1, -0.05) is 66.2 Å². The van der Waals surface area contributed by atoms with Gasteiger partial charge in [0.15, 0.2) is 0 Å². The predicted octanol–water partition coefficient (Wildman–Crippen LogP) is 4.51. The number of amides is 2. The third kappa shape index (κ3) is 17.3. The van der Waals surface area contributed by atoms with E-state index in [1.807, 2.05) is 58.9 Å². The molecule has 0 bridgehead atoms. The lowest BCUT2D eigenvalue weighted by molar-refractivity contribution is -0.290. The lowest BCUT2D eigenvalue weighted by atomic mass is 9.95. The molecule has 0 aromatic carbocycles. The third-order valence-electron chi connectivity index (χ3n) is 6.35. The van der Waals surface area contributed by atoms with E-state index in [0.717, 1.165) is 16.7 Å². The molecule has 0 saturated heterocycles. The van der Waals surface area contributed by atoms with Gasteiger partial charge < -0.3 is 25.0 Å². The van der Waals surface area contributed by atoms with E-state index in [1.165, 1.54) is 24.3 Å². The maximum absolute atomic E-state index is 12.7. The summed E-state index contributed by atoms with van der Waals surface area (Å²) in [5.74, 6) is -0.750. The van der Waals surface area contributed by atoms with Crippen molar-refractivity contribution in [1.82, 2.24) is 5.32 Å². The second-order valence-electron chi connectivity index (χ2n) is 10.8. The number of quaternary nitrogens is 1. The molecule has 1 aliphatic heterocycles. The SMILES string of the molecule is CC(C)=CC(=O)NC=CC(C)=CC(C)C1CC(C)=CC=CCCC(OC([NH3+])=O)C(O)C=CC(O)CCCC=CC(=O)O1. The Morgan fingerprint density at radius 1 is 1.14 bits per heavy atom. The highest BCUT2D eigenvalue weighted by molar-refractivity contribution is 5.88. The van der Waals surface area contributed by atoms with E-state index in [4.69, 9.17) is 9.47 Å². The molecule has 0 saturated carbocycles. The number of carbonyl (C=O) groups excluding carboxylic acids is 3. The summed E-state index contributed by atoms with van der Waals surface area (Å²) in [5, 5.41) is 23.4.